The maximum atomic E-state index is 6.27. The molecule has 0 aliphatic carbocycles. The van der Waals surface area contributed by atoms with E-state index in [0.29, 0.717) is 5.92 Å². The summed E-state index contributed by atoms with van der Waals surface area (Å²) in [7, 11) is 0. The van der Waals surface area contributed by atoms with E-state index in [4.69, 9.17) is 4.74 Å². The van der Waals surface area contributed by atoms with E-state index in [-0.39, 0.29) is 6.10 Å². The van der Waals surface area contributed by atoms with Gasteiger partial charge < -0.3 is 9.64 Å². The highest BCUT2D eigenvalue weighted by atomic mass is 32.1. The van der Waals surface area contributed by atoms with Crippen LogP contribution in [0.4, 0.5) is 0 Å². The first-order valence-electron chi connectivity index (χ1n) is 10.0. The van der Waals surface area contributed by atoms with Crippen LogP contribution in [0.25, 0.3) is 26.5 Å². The molecule has 5 rings (SSSR count). The summed E-state index contributed by atoms with van der Waals surface area (Å²) in [6.45, 7) is 9.95. The summed E-state index contributed by atoms with van der Waals surface area (Å²) in [4.78, 5) is 2.57. The highest BCUT2D eigenvalue weighted by Gasteiger charge is 2.30. The number of hydrogen-bond donors (Lipinski definition) is 0. The summed E-state index contributed by atoms with van der Waals surface area (Å²) in [5, 5.41) is 2.70. The minimum Gasteiger partial charge on any atom is -0.490 e. The van der Waals surface area contributed by atoms with Crippen LogP contribution in [-0.2, 0) is 0 Å². The topological polar surface area (TPSA) is 16.9 Å². The van der Waals surface area contributed by atoms with Crippen molar-refractivity contribution in [3.8, 4) is 5.75 Å². The van der Waals surface area contributed by atoms with Gasteiger partial charge in [-0.15, -0.1) is 0 Å². The normalized spacial score (nSPS) is 18.4. The van der Waals surface area contributed by atoms with Crippen molar-refractivity contribution >= 4 is 38.0 Å². The molecule has 1 aliphatic rings. The Balaban J connectivity index is 1.86. The van der Waals surface area contributed by atoms with Gasteiger partial charge in [0.05, 0.1) is 21.8 Å². The lowest BCUT2D eigenvalue weighted by Crippen LogP contribution is -2.19. The molecule has 27 heavy (non-hydrogen) atoms. The van der Waals surface area contributed by atoms with Gasteiger partial charge in [-0.05, 0) is 57.1 Å². The van der Waals surface area contributed by atoms with Crippen LogP contribution in [0.1, 0.15) is 38.7 Å². The number of likely N-dealkylation sites (tertiary alicyclic amines) is 1. The van der Waals surface area contributed by atoms with Crippen molar-refractivity contribution < 1.29 is 4.74 Å². The molecule has 1 atom stereocenters. The Morgan fingerprint density at radius 1 is 1.15 bits per heavy atom. The monoisotopic (exact) mass is 378 g/mol. The minimum absolute atomic E-state index is 0.175. The second-order valence-corrected chi connectivity index (χ2v) is 8.83. The third-order valence-corrected chi connectivity index (χ3v) is 6.89. The zero-order valence-corrected chi connectivity index (χ0v) is 17.1. The minimum atomic E-state index is 0.175. The Labute approximate surface area is 164 Å². The van der Waals surface area contributed by atoms with Crippen molar-refractivity contribution in [1.29, 1.82) is 0 Å². The van der Waals surface area contributed by atoms with E-state index in [1.54, 1.807) is 0 Å². The molecule has 4 aromatic rings. The van der Waals surface area contributed by atoms with Crippen LogP contribution in [0.5, 0.6) is 5.75 Å². The first kappa shape index (κ1) is 17.1. The zero-order chi connectivity index (χ0) is 18.5. The van der Waals surface area contributed by atoms with Gasteiger partial charge in [-0.25, -0.2) is 0 Å². The molecule has 1 fully saturated rings. The van der Waals surface area contributed by atoms with E-state index in [1.165, 1.54) is 45.0 Å². The summed E-state index contributed by atoms with van der Waals surface area (Å²) in [5.41, 5.74) is 4.18. The van der Waals surface area contributed by atoms with Crippen molar-refractivity contribution in [2.75, 3.05) is 19.6 Å². The van der Waals surface area contributed by atoms with Crippen LogP contribution < -0.4 is 4.74 Å². The number of likely N-dealkylation sites (N-methyl/N-ethyl adjacent to an activating group) is 1. The van der Waals surface area contributed by atoms with E-state index >= 15 is 0 Å². The van der Waals surface area contributed by atoms with Gasteiger partial charge in [0.2, 0.25) is 0 Å². The lowest BCUT2D eigenvalue weighted by atomic mass is 9.94. The molecular weight excluding hydrogens is 352 g/mol. The fourth-order valence-electron chi connectivity index (χ4n) is 4.60. The quantitative estimate of drug-likeness (QED) is 0.439. The number of rotatable bonds is 4. The van der Waals surface area contributed by atoms with Crippen molar-refractivity contribution in [2.24, 2.45) is 0 Å². The van der Waals surface area contributed by atoms with Gasteiger partial charge in [0.25, 0.3) is 0 Å². The predicted molar refractivity (Wildman–Crippen MR) is 116 cm³/mol. The lowest BCUT2D eigenvalue weighted by Gasteiger charge is -2.16. The van der Waals surface area contributed by atoms with E-state index < -0.39 is 0 Å². The largest absolute Gasteiger partial charge is 0.490 e. The molecule has 1 saturated heterocycles. The third-order valence-electron chi connectivity index (χ3n) is 5.77. The number of ether oxygens (including phenoxy) is 1. The highest BCUT2D eigenvalue weighted by Crippen LogP contribution is 2.45. The molecule has 0 saturated carbocycles. The van der Waals surface area contributed by atoms with Crippen LogP contribution in [-0.4, -0.2) is 34.4 Å². The Bertz CT molecular complexity index is 1120. The molecule has 0 radical (unpaired) electrons. The SMILES string of the molecule is CCN1CCC(c2c3c(OC(C)C)cccc3n3sc4ccccc4c23)C1. The van der Waals surface area contributed by atoms with Gasteiger partial charge in [0, 0.05) is 23.2 Å². The molecule has 140 valence electrons. The number of fused-ring (bicyclic) bond motifs is 5. The predicted octanol–water partition coefficient (Wildman–Crippen LogP) is 5.90. The van der Waals surface area contributed by atoms with Crippen molar-refractivity contribution in [3.63, 3.8) is 0 Å². The molecule has 0 N–H and O–H groups in total. The number of nitrogens with zero attached hydrogens (tertiary/aromatic N) is 2. The first-order chi connectivity index (χ1) is 13.2. The van der Waals surface area contributed by atoms with Crippen LogP contribution >= 0.6 is 11.5 Å². The highest BCUT2D eigenvalue weighted by molar-refractivity contribution is 7.14. The van der Waals surface area contributed by atoms with Crippen molar-refractivity contribution in [1.82, 2.24) is 8.69 Å². The Hall–Kier alpha value is -2.04. The van der Waals surface area contributed by atoms with Gasteiger partial charge in [-0.3, -0.25) is 3.79 Å². The molecule has 0 bridgehead atoms. The summed E-state index contributed by atoms with van der Waals surface area (Å²) in [5.74, 6) is 1.60. The molecule has 4 heteroatoms. The molecule has 3 heterocycles. The molecule has 3 nitrogen and oxygen atoms in total. The fourth-order valence-corrected chi connectivity index (χ4v) is 5.74. The van der Waals surface area contributed by atoms with E-state index in [0.717, 1.165) is 18.8 Å². The Morgan fingerprint density at radius 2 is 2.00 bits per heavy atom. The van der Waals surface area contributed by atoms with E-state index in [9.17, 15) is 0 Å². The van der Waals surface area contributed by atoms with E-state index in [1.807, 2.05) is 11.5 Å². The van der Waals surface area contributed by atoms with Crippen LogP contribution in [0.15, 0.2) is 42.5 Å². The molecular formula is C23H26N2OS. The lowest BCUT2D eigenvalue weighted by molar-refractivity contribution is 0.245. The smallest absolute Gasteiger partial charge is 0.129 e. The van der Waals surface area contributed by atoms with Gasteiger partial charge in [0.1, 0.15) is 5.75 Å². The molecule has 1 unspecified atom stereocenters. The zero-order valence-electron chi connectivity index (χ0n) is 16.2. The Kier molecular flexibility index (Phi) is 4.14. The molecule has 0 amide bonds. The number of hydrogen-bond acceptors (Lipinski definition) is 3. The molecule has 2 aromatic heterocycles. The standard InChI is InChI=1S/C23H26N2OS/c1-4-24-13-12-16(14-24)21-22-18(9-7-10-19(22)26-15(2)3)25-23(21)17-8-5-6-11-20(17)27-25/h5-11,15-16H,4,12-14H2,1-3H3. The number of aromatic nitrogens is 1. The van der Waals surface area contributed by atoms with Gasteiger partial charge in [0.15, 0.2) is 0 Å². The molecule has 1 aliphatic heterocycles. The Morgan fingerprint density at radius 3 is 2.78 bits per heavy atom. The van der Waals surface area contributed by atoms with E-state index in [2.05, 4.69) is 71.9 Å². The molecule has 0 spiro atoms. The summed E-state index contributed by atoms with van der Waals surface area (Å²) in [6.07, 6.45) is 1.40. The van der Waals surface area contributed by atoms with Gasteiger partial charge in [-0.1, -0.05) is 42.7 Å². The van der Waals surface area contributed by atoms with Crippen LogP contribution in [0, 0.1) is 0 Å². The average Bonchev–Trinajstić information content (AvgIpc) is 3.34. The maximum Gasteiger partial charge on any atom is 0.129 e. The molecule has 2 aromatic carbocycles. The second kappa shape index (κ2) is 6.54. The van der Waals surface area contributed by atoms with Crippen molar-refractivity contribution in [2.45, 2.75) is 39.2 Å². The maximum absolute atomic E-state index is 6.27. The summed E-state index contributed by atoms with van der Waals surface area (Å²) >= 11 is 1.85. The van der Waals surface area contributed by atoms with Crippen LogP contribution in [0.3, 0.4) is 0 Å². The second-order valence-electron chi connectivity index (χ2n) is 7.84. The van der Waals surface area contributed by atoms with Crippen molar-refractivity contribution in [3.05, 3.63) is 48.0 Å². The number of benzene rings is 2. The van der Waals surface area contributed by atoms with Gasteiger partial charge in [-0.2, -0.15) is 0 Å². The third kappa shape index (κ3) is 2.66. The summed E-state index contributed by atoms with van der Waals surface area (Å²) in [6, 6.07) is 15.3. The first-order valence-corrected chi connectivity index (χ1v) is 10.8. The average molecular weight is 379 g/mol. The van der Waals surface area contributed by atoms with Gasteiger partial charge >= 0.3 is 0 Å². The fraction of sp³-hybridized carbons (Fsp3) is 0.391. The van der Waals surface area contributed by atoms with Crippen LogP contribution in [0.2, 0.25) is 0 Å². The summed E-state index contributed by atoms with van der Waals surface area (Å²) < 4.78 is 10.1.